The van der Waals surface area contributed by atoms with Gasteiger partial charge in [0.05, 0.1) is 29.8 Å². The fourth-order valence-electron chi connectivity index (χ4n) is 8.75. The Morgan fingerprint density at radius 1 is 0.882 bits per heavy atom. The number of pyridine rings is 1. The summed E-state index contributed by atoms with van der Waals surface area (Å²) in [6, 6.07) is 18.2. The highest BCUT2D eigenvalue weighted by Crippen LogP contribution is 2.46. The van der Waals surface area contributed by atoms with Crippen LogP contribution in [0.25, 0.3) is 22.2 Å². The van der Waals surface area contributed by atoms with E-state index in [1.54, 1.807) is 60.8 Å². The van der Waals surface area contributed by atoms with E-state index in [9.17, 15) is 27.6 Å². The highest BCUT2D eigenvalue weighted by Gasteiger charge is 2.62. The molecule has 3 N–H and O–H groups in total. The summed E-state index contributed by atoms with van der Waals surface area (Å²) in [5, 5.41) is 6.32. The molecule has 1 aliphatic carbocycles. The molecule has 4 amide bonds. The molecule has 1 aromatic heterocycles. The van der Waals surface area contributed by atoms with Gasteiger partial charge in [0.2, 0.25) is 11.8 Å². The minimum Gasteiger partial charge on any atom is -0.497 e. The number of carbonyl (C=O) groups is 4. The lowest BCUT2D eigenvalue weighted by atomic mass is 9.85. The molecule has 1 saturated carbocycles. The Kier molecular flexibility index (Phi) is 14.8. The maximum absolute atomic E-state index is 15.0. The molecule has 2 aliphatic rings. The maximum Gasteiger partial charge on any atom is 0.408 e. The number of benzene rings is 3. The van der Waals surface area contributed by atoms with Crippen molar-refractivity contribution in [3.8, 4) is 22.8 Å². The summed E-state index contributed by atoms with van der Waals surface area (Å²) in [6.45, 7) is 26.1. The molecule has 5 unspecified atom stereocenters. The Balaban J connectivity index is 1.38. The highest BCUT2D eigenvalue weighted by molar-refractivity contribution is 7.90. The molecule has 1 saturated heterocycles. The van der Waals surface area contributed by atoms with Gasteiger partial charge in [0.25, 0.3) is 15.9 Å². The number of likely N-dealkylation sites (tertiary alicyclic amines) is 1. The van der Waals surface area contributed by atoms with E-state index >= 15 is 0 Å². The number of methoxy groups -OCH3 is 1. The van der Waals surface area contributed by atoms with Crippen LogP contribution in [0.4, 0.5) is 4.79 Å². The van der Waals surface area contributed by atoms with Crippen LogP contribution in [0.1, 0.15) is 130 Å². The van der Waals surface area contributed by atoms with Crippen molar-refractivity contribution in [2.24, 2.45) is 11.3 Å². The average molecular weight is 952 g/mol. The monoisotopic (exact) mass is 951 g/mol. The number of fused-ring (bicyclic) bond motifs is 1. The quantitative estimate of drug-likeness (QED) is 0.0972. The van der Waals surface area contributed by atoms with Crippen LogP contribution in [0.15, 0.2) is 84.3 Å². The number of carbonyl (C=O) groups excluding carboxylic acids is 4. The number of amides is 4. The van der Waals surface area contributed by atoms with E-state index < -0.39 is 74.5 Å². The van der Waals surface area contributed by atoms with E-state index in [0.717, 1.165) is 11.1 Å². The van der Waals surface area contributed by atoms with Crippen LogP contribution in [0.2, 0.25) is 0 Å². The van der Waals surface area contributed by atoms with Gasteiger partial charge in [-0.2, -0.15) is 0 Å². The van der Waals surface area contributed by atoms with Crippen LogP contribution in [0, 0.1) is 11.3 Å². The molecule has 6 rings (SSSR count). The largest absolute Gasteiger partial charge is 0.497 e. The van der Waals surface area contributed by atoms with Gasteiger partial charge in [-0.05, 0) is 79.2 Å². The van der Waals surface area contributed by atoms with Gasteiger partial charge >= 0.3 is 6.09 Å². The van der Waals surface area contributed by atoms with E-state index in [4.69, 9.17) is 19.2 Å². The molecule has 0 radical (unpaired) electrons. The second-order valence-electron chi connectivity index (χ2n) is 21.1. The van der Waals surface area contributed by atoms with Gasteiger partial charge in [-0.3, -0.25) is 14.4 Å². The second kappa shape index (κ2) is 19.6. The van der Waals surface area contributed by atoms with E-state index in [1.807, 2.05) is 96.1 Å². The van der Waals surface area contributed by atoms with Crippen molar-refractivity contribution in [3.63, 3.8) is 0 Å². The lowest BCUT2D eigenvalue weighted by Gasteiger charge is -2.36. The van der Waals surface area contributed by atoms with E-state index in [2.05, 4.69) is 21.9 Å². The number of hydrogen-bond donors (Lipinski definition) is 3. The van der Waals surface area contributed by atoms with Crippen molar-refractivity contribution in [1.82, 2.24) is 25.2 Å². The molecule has 0 bridgehead atoms. The molecule has 366 valence electrons. The van der Waals surface area contributed by atoms with Crippen molar-refractivity contribution in [2.45, 2.75) is 148 Å². The lowest BCUT2D eigenvalue weighted by molar-refractivity contribution is -0.143. The molecule has 2 fully saturated rings. The van der Waals surface area contributed by atoms with Crippen molar-refractivity contribution < 1.29 is 41.8 Å². The normalized spacial score (nSPS) is 20.0. The summed E-state index contributed by atoms with van der Waals surface area (Å²) in [5.41, 5.74) is 0.799. The third-order valence-electron chi connectivity index (χ3n) is 12.6. The van der Waals surface area contributed by atoms with E-state index in [-0.39, 0.29) is 42.0 Å². The van der Waals surface area contributed by atoms with Crippen molar-refractivity contribution in [1.29, 1.82) is 0 Å². The maximum atomic E-state index is 15.0. The average Bonchev–Trinajstić information content (AvgIpc) is 3.82. The summed E-state index contributed by atoms with van der Waals surface area (Å²) in [5.74, 6) is -2.02. The third kappa shape index (κ3) is 11.1. The SMILES string of the molecule is C=CC1CC1(NC(=O)C1CC(Oc2cc(-c3ccccc3)nc3cc(OC)ccc23)CN1C(=O)C(NC(=O)OC(C)(C)C)C(C)(C)C)C(=O)NS(=O)(=O)c1c(C(C)C)cc(C(C)C)cc1C(C)C. The number of aromatic nitrogens is 1. The van der Waals surface area contributed by atoms with Crippen molar-refractivity contribution in [2.75, 3.05) is 13.7 Å². The van der Waals surface area contributed by atoms with Crippen LogP contribution < -0.4 is 24.8 Å². The molecule has 15 heteroatoms. The zero-order valence-corrected chi connectivity index (χ0v) is 42.6. The Bertz CT molecular complexity index is 2660. The molecule has 2 heterocycles. The zero-order chi connectivity index (χ0) is 50.3. The number of ether oxygens (including phenoxy) is 3. The minimum absolute atomic E-state index is 0.0199. The molecule has 1 aliphatic heterocycles. The minimum atomic E-state index is -4.48. The van der Waals surface area contributed by atoms with Crippen LogP contribution in [-0.4, -0.2) is 85.1 Å². The van der Waals surface area contributed by atoms with Crippen LogP contribution >= 0.6 is 0 Å². The Morgan fingerprint density at radius 2 is 1.51 bits per heavy atom. The van der Waals surface area contributed by atoms with Gasteiger partial charge in [0.1, 0.15) is 40.8 Å². The standard InChI is InChI=1S/C53H69N5O9S/c1-15-35-28-53(35,49(61)57-68(63,64)45-39(31(4)5)23-34(30(2)3)24-40(45)32(6)7)56-47(59)43-26-37(29-58(43)48(60)46(51(8,9)10)55-50(62)67-52(11,12)13)66-44-27-41(33-19-17-16-18-20-33)54-42-25-36(65-14)21-22-38(42)44/h15-25,27,30-32,35,37,43,46H,1,26,28-29H2,2-14H3,(H,55,62)(H,56,59)(H,57,61). The lowest BCUT2D eigenvalue weighted by Crippen LogP contribution is -2.60. The van der Waals surface area contributed by atoms with Crippen molar-refractivity contribution in [3.05, 3.63) is 96.1 Å². The Morgan fingerprint density at radius 3 is 2.04 bits per heavy atom. The van der Waals surface area contributed by atoms with Crippen molar-refractivity contribution >= 4 is 44.7 Å². The first-order valence-electron chi connectivity index (χ1n) is 23.4. The predicted molar refractivity (Wildman–Crippen MR) is 264 cm³/mol. The summed E-state index contributed by atoms with van der Waals surface area (Å²) in [7, 11) is -2.91. The van der Waals surface area contributed by atoms with Gasteiger partial charge in [-0.25, -0.2) is 22.9 Å². The van der Waals surface area contributed by atoms with Crippen LogP contribution in [0.5, 0.6) is 11.5 Å². The Labute approximate surface area is 402 Å². The molecular weight excluding hydrogens is 883 g/mol. The van der Waals surface area contributed by atoms with Gasteiger partial charge < -0.3 is 29.7 Å². The summed E-state index contributed by atoms with van der Waals surface area (Å²) in [6.07, 6.45) is -0.0150. The van der Waals surface area contributed by atoms with Gasteiger partial charge in [-0.1, -0.05) is 111 Å². The molecule has 3 aromatic carbocycles. The molecule has 4 aromatic rings. The molecule has 5 atom stereocenters. The number of hydrogen-bond acceptors (Lipinski definition) is 10. The molecular formula is C53H69N5O9S. The molecule has 68 heavy (non-hydrogen) atoms. The van der Waals surface area contributed by atoms with Crippen LogP contribution in [0.3, 0.4) is 0 Å². The van der Waals surface area contributed by atoms with Gasteiger partial charge in [0.15, 0.2) is 0 Å². The first-order chi connectivity index (χ1) is 31.7. The number of nitrogens with zero attached hydrogens (tertiary/aromatic N) is 2. The first-order valence-corrected chi connectivity index (χ1v) is 24.9. The summed E-state index contributed by atoms with van der Waals surface area (Å²) < 4.78 is 49.3. The fourth-order valence-corrected chi connectivity index (χ4v) is 10.5. The highest BCUT2D eigenvalue weighted by atomic mass is 32.2. The topological polar surface area (TPSA) is 182 Å². The number of sulfonamides is 1. The number of alkyl carbamates (subject to hydrolysis) is 1. The smallest absolute Gasteiger partial charge is 0.408 e. The number of nitrogens with one attached hydrogen (secondary N) is 3. The molecule has 14 nitrogen and oxygen atoms in total. The van der Waals surface area contributed by atoms with Gasteiger partial charge in [-0.15, -0.1) is 6.58 Å². The third-order valence-corrected chi connectivity index (χ3v) is 14.1. The molecule has 0 spiro atoms. The zero-order valence-electron chi connectivity index (χ0n) is 41.8. The fraction of sp³-hybridized carbons (Fsp3) is 0.491. The summed E-state index contributed by atoms with van der Waals surface area (Å²) in [4.78, 5) is 64.1. The Hall–Kier alpha value is -5.96. The first kappa shape index (κ1) is 51.4. The second-order valence-corrected chi connectivity index (χ2v) is 22.7. The predicted octanol–water partition coefficient (Wildman–Crippen LogP) is 9.13. The number of rotatable bonds is 15. The van der Waals surface area contributed by atoms with Crippen LogP contribution in [-0.2, 0) is 29.1 Å². The van der Waals surface area contributed by atoms with Gasteiger partial charge in [0, 0.05) is 35.4 Å². The van der Waals surface area contributed by atoms with E-state index in [0.29, 0.717) is 39.2 Å². The van der Waals surface area contributed by atoms with E-state index in [1.165, 1.54) is 11.0 Å². The summed E-state index contributed by atoms with van der Waals surface area (Å²) >= 11 is 0.